The van der Waals surface area contributed by atoms with Gasteiger partial charge in [0.1, 0.15) is 5.83 Å². The minimum Gasteiger partial charge on any atom is -0.417 e. The van der Waals surface area contributed by atoms with Gasteiger partial charge in [0.15, 0.2) is 14.7 Å². The molecule has 0 saturated carbocycles. The molecule has 1 aliphatic rings. The van der Waals surface area contributed by atoms with Crippen molar-refractivity contribution in [1.82, 2.24) is 0 Å². The third-order valence-corrected chi connectivity index (χ3v) is 4.60. The van der Waals surface area contributed by atoms with Crippen LogP contribution in [0.5, 0.6) is 0 Å². The molecule has 1 aliphatic carbocycles. The molecule has 0 aromatic carbocycles. The highest BCUT2D eigenvalue weighted by Crippen LogP contribution is 2.50. The van der Waals surface area contributed by atoms with E-state index in [-0.39, 0.29) is 6.10 Å². The molecule has 0 aliphatic heterocycles. The number of hydrogen-bond acceptors (Lipinski definition) is 1. The zero-order chi connectivity index (χ0) is 15.6. The predicted octanol–water partition coefficient (Wildman–Crippen LogP) is 4.72. The average Bonchev–Trinajstić information content (AvgIpc) is 2.30. The van der Waals surface area contributed by atoms with E-state index >= 15 is 4.39 Å². The molecule has 0 aromatic rings. The molecule has 0 aromatic heterocycles. The minimum atomic E-state index is -2.04. The van der Waals surface area contributed by atoms with E-state index in [2.05, 4.69) is 6.58 Å². The second-order valence-electron chi connectivity index (χ2n) is 6.63. The normalized spacial score (nSPS) is 28.4. The van der Waals surface area contributed by atoms with Crippen LogP contribution < -0.4 is 0 Å². The molecule has 20 heavy (non-hydrogen) atoms. The molecule has 0 amide bonds. The molecule has 3 unspecified atom stereocenters. The van der Waals surface area contributed by atoms with Gasteiger partial charge in [0.25, 0.3) is 0 Å². The zero-order valence-electron chi connectivity index (χ0n) is 13.1. The lowest BCUT2D eigenvalue weighted by Crippen LogP contribution is -2.51. The molecule has 0 heterocycles. The lowest BCUT2D eigenvalue weighted by atomic mass is 9.66. The number of allylic oxidation sites excluding steroid dienone is 3. The molecular formula is C16H26F2OSi. The highest BCUT2D eigenvalue weighted by Gasteiger charge is 2.55. The van der Waals surface area contributed by atoms with E-state index in [4.69, 9.17) is 4.43 Å². The number of rotatable bonds is 5. The highest BCUT2D eigenvalue weighted by atomic mass is 28.3. The first-order valence-electron chi connectivity index (χ1n) is 7.14. The van der Waals surface area contributed by atoms with Crippen molar-refractivity contribution in [1.29, 1.82) is 0 Å². The molecule has 1 rings (SSSR count). The Hall–Kier alpha value is -0.743. The summed E-state index contributed by atoms with van der Waals surface area (Å²) in [5.74, 6) is -1.33. The van der Waals surface area contributed by atoms with E-state index in [1.807, 2.05) is 13.1 Å². The Bertz CT molecular complexity index is 409. The Morgan fingerprint density at radius 2 is 2.10 bits per heavy atom. The molecule has 114 valence electrons. The van der Waals surface area contributed by atoms with Crippen molar-refractivity contribution >= 4 is 9.04 Å². The van der Waals surface area contributed by atoms with Crippen molar-refractivity contribution in [3.8, 4) is 0 Å². The Balaban J connectivity index is 3.20. The molecule has 0 fully saturated rings. The molecule has 0 spiro atoms. The van der Waals surface area contributed by atoms with Gasteiger partial charge in [-0.3, -0.25) is 0 Å². The summed E-state index contributed by atoms with van der Waals surface area (Å²) in [7, 11) is -1.35. The van der Waals surface area contributed by atoms with Crippen LogP contribution in [0.1, 0.15) is 27.2 Å². The van der Waals surface area contributed by atoms with Gasteiger partial charge in [-0.1, -0.05) is 39.0 Å². The zero-order valence-corrected chi connectivity index (χ0v) is 14.3. The molecular weight excluding hydrogens is 274 g/mol. The van der Waals surface area contributed by atoms with Gasteiger partial charge in [0, 0.05) is 11.3 Å². The summed E-state index contributed by atoms with van der Waals surface area (Å²) in [6, 6.07) is 0. The summed E-state index contributed by atoms with van der Waals surface area (Å²) in [5.41, 5.74) is -2.89. The maximum Gasteiger partial charge on any atom is 0.175 e. The van der Waals surface area contributed by atoms with E-state index in [1.165, 1.54) is 6.08 Å². The van der Waals surface area contributed by atoms with E-state index in [1.54, 1.807) is 39.0 Å². The number of alkyl halides is 1. The smallest absolute Gasteiger partial charge is 0.175 e. The second-order valence-corrected chi connectivity index (χ2v) is 9.00. The standard InChI is InChI=1S/C16H26F2OSi/c1-7-9-13(19-20(5)6)12-10-8-11-14(17)16(12,18)15(2,3)4/h7-8,10-13,20H,1,9H2,2-6H3. The average molecular weight is 300 g/mol. The van der Waals surface area contributed by atoms with Crippen molar-refractivity contribution in [3.63, 3.8) is 0 Å². The van der Waals surface area contributed by atoms with Crippen LogP contribution in [0, 0.1) is 11.3 Å². The van der Waals surface area contributed by atoms with Crippen molar-refractivity contribution in [2.24, 2.45) is 11.3 Å². The van der Waals surface area contributed by atoms with E-state index in [9.17, 15) is 4.39 Å². The fourth-order valence-electron chi connectivity index (χ4n) is 2.71. The molecule has 3 atom stereocenters. The SMILES string of the molecule is C=CCC(O[SiH](C)C)C1C=CC=C(F)C1(F)C(C)(C)C. The lowest BCUT2D eigenvalue weighted by molar-refractivity contribution is -0.0391. The van der Waals surface area contributed by atoms with Crippen LogP contribution in [0.2, 0.25) is 13.1 Å². The van der Waals surface area contributed by atoms with Crippen LogP contribution in [-0.4, -0.2) is 20.8 Å². The minimum absolute atomic E-state index is 0.362. The molecule has 1 nitrogen and oxygen atoms in total. The van der Waals surface area contributed by atoms with Gasteiger partial charge in [-0.2, -0.15) is 0 Å². The Morgan fingerprint density at radius 3 is 2.55 bits per heavy atom. The largest absolute Gasteiger partial charge is 0.417 e. The summed E-state index contributed by atoms with van der Waals surface area (Å²) in [5, 5.41) is 0. The van der Waals surface area contributed by atoms with Crippen LogP contribution >= 0.6 is 0 Å². The van der Waals surface area contributed by atoms with Crippen LogP contribution in [0.3, 0.4) is 0 Å². The van der Waals surface area contributed by atoms with Crippen molar-refractivity contribution in [3.05, 3.63) is 36.7 Å². The monoisotopic (exact) mass is 300 g/mol. The number of hydrogen-bond donors (Lipinski definition) is 0. The lowest BCUT2D eigenvalue weighted by Gasteiger charge is -2.45. The molecule has 0 radical (unpaired) electrons. The van der Waals surface area contributed by atoms with Gasteiger partial charge in [-0.25, -0.2) is 8.78 Å². The maximum absolute atomic E-state index is 15.6. The Kier molecular flexibility index (Phi) is 5.50. The summed E-state index contributed by atoms with van der Waals surface area (Å²) in [6.45, 7) is 13.0. The van der Waals surface area contributed by atoms with Gasteiger partial charge in [0.05, 0.1) is 6.10 Å². The first kappa shape index (κ1) is 17.3. The topological polar surface area (TPSA) is 9.23 Å². The summed E-state index contributed by atoms with van der Waals surface area (Å²) in [4.78, 5) is 0. The predicted molar refractivity (Wildman–Crippen MR) is 83.7 cm³/mol. The summed E-state index contributed by atoms with van der Waals surface area (Å²) < 4.78 is 35.8. The second kappa shape index (κ2) is 6.35. The maximum atomic E-state index is 15.6. The van der Waals surface area contributed by atoms with Crippen molar-refractivity contribution in [2.45, 2.75) is 52.1 Å². The Labute approximate surface area is 123 Å². The van der Waals surface area contributed by atoms with E-state index < -0.39 is 31.9 Å². The molecule has 0 saturated heterocycles. The van der Waals surface area contributed by atoms with E-state index in [0.29, 0.717) is 6.42 Å². The first-order chi connectivity index (χ1) is 9.14. The van der Waals surface area contributed by atoms with Gasteiger partial charge < -0.3 is 4.43 Å². The molecule has 0 N–H and O–H groups in total. The molecule has 0 bridgehead atoms. The fraction of sp³-hybridized carbons (Fsp3) is 0.625. The quantitative estimate of drug-likeness (QED) is 0.527. The van der Waals surface area contributed by atoms with Gasteiger partial charge in [-0.15, -0.1) is 6.58 Å². The van der Waals surface area contributed by atoms with Gasteiger partial charge in [0.2, 0.25) is 0 Å². The van der Waals surface area contributed by atoms with Crippen molar-refractivity contribution in [2.75, 3.05) is 0 Å². The van der Waals surface area contributed by atoms with Crippen molar-refractivity contribution < 1.29 is 13.2 Å². The Morgan fingerprint density at radius 1 is 1.50 bits per heavy atom. The van der Waals surface area contributed by atoms with Gasteiger partial charge in [-0.05, 0) is 25.6 Å². The summed E-state index contributed by atoms with van der Waals surface area (Å²) >= 11 is 0. The molecule has 4 heteroatoms. The van der Waals surface area contributed by atoms with Gasteiger partial charge >= 0.3 is 0 Å². The number of halogens is 2. The van der Waals surface area contributed by atoms with Crippen LogP contribution in [-0.2, 0) is 4.43 Å². The van der Waals surface area contributed by atoms with Crippen LogP contribution in [0.15, 0.2) is 36.7 Å². The van der Waals surface area contributed by atoms with Crippen LogP contribution in [0.4, 0.5) is 8.78 Å². The third kappa shape index (κ3) is 3.29. The van der Waals surface area contributed by atoms with Crippen LogP contribution in [0.25, 0.3) is 0 Å². The first-order valence-corrected chi connectivity index (χ1v) is 9.92. The third-order valence-electron chi connectivity index (χ3n) is 3.71. The highest BCUT2D eigenvalue weighted by molar-refractivity contribution is 6.48. The summed E-state index contributed by atoms with van der Waals surface area (Å²) in [6.07, 6.45) is 6.42. The van der Waals surface area contributed by atoms with E-state index in [0.717, 1.165) is 0 Å². The fourth-order valence-corrected chi connectivity index (χ4v) is 3.69.